The maximum Gasteiger partial charge on any atom is 0.311 e. The lowest BCUT2D eigenvalue weighted by molar-refractivity contribution is -0.149. The highest BCUT2D eigenvalue weighted by Gasteiger charge is 2.45. The van der Waals surface area contributed by atoms with Crippen LogP contribution in [-0.2, 0) is 14.9 Å². The van der Waals surface area contributed by atoms with Gasteiger partial charge in [-0.1, -0.05) is 26.0 Å². The summed E-state index contributed by atoms with van der Waals surface area (Å²) in [6, 6.07) is 8.09. The van der Waals surface area contributed by atoms with Gasteiger partial charge in [0.25, 0.3) is 0 Å². The predicted molar refractivity (Wildman–Crippen MR) is 82.6 cm³/mol. The number of nitrogens with one attached hydrogen (secondary N) is 1. The lowest BCUT2D eigenvalue weighted by atomic mass is 9.74. The van der Waals surface area contributed by atoms with Gasteiger partial charge in [0.15, 0.2) is 0 Å². The van der Waals surface area contributed by atoms with Gasteiger partial charge in [0, 0.05) is 18.5 Å². The standard InChI is InChI=1S/C17H25NO3/c1-4-10-21-14-8-6-13(7-9-14)17(3)12-18-11-15(17)16(19)20-5-2/h6-9,15,18H,4-5,10-12H2,1-3H3. The summed E-state index contributed by atoms with van der Waals surface area (Å²) in [7, 11) is 0. The molecule has 4 nitrogen and oxygen atoms in total. The summed E-state index contributed by atoms with van der Waals surface area (Å²) in [5.41, 5.74) is 0.921. The number of ether oxygens (including phenoxy) is 2. The van der Waals surface area contributed by atoms with Crippen LogP contribution < -0.4 is 10.1 Å². The molecule has 1 heterocycles. The van der Waals surface area contributed by atoms with E-state index in [1.54, 1.807) is 0 Å². The largest absolute Gasteiger partial charge is 0.494 e. The van der Waals surface area contributed by atoms with Crippen LogP contribution in [-0.4, -0.2) is 32.3 Å². The van der Waals surface area contributed by atoms with Gasteiger partial charge in [0.05, 0.1) is 19.1 Å². The third kappa shape index (κ3) is 3.38. The second-order valence-electron chi connectivity index (χ2n) is 5.73. The van der Waals surface area contributed by atoms with E-state index in [9.17, 15) is 4.79 Å². The van der Waals surface area contributed by atoms with Crippen molar-refractivity contribution in [3.05, 3.63) is 29.8 Å². The van der Waals surface area contributed by atoms with E-state index >= 15 is 0 Å². The molecule has 2 unspecified atom stereocenters. The van der Waals surface area contributed by atoms with Crippen LogP contribution in [0.3, 0.4) is 0 Å². The minimum Gasteiger partial charge on any atom is -0.494 e. The molecule has 4 heteroatoms. The fraction of sp³-hybridized carbons (Fsp3) is 0.588. The van der Waals surface area contributed by atoms with Crippen molar-refractivity contribution >= 4 is 5.97 Å². The van der Waals surface area contributed by atoms with Crippen molar-refractivity contribution < 1.29 is 14.3 Å². The van der Waals surface area contributed by atoms with Crippen molar-refractivity contribution in [3.8, 4) is 5.75 Å². The molecule has 0 saturated carbocycles. The van der Waals surface area contributed by atoms with Crippen LogP contribution in [0.5, 0.6) is 5.75 Å². The van der Waals surface area contributed by atoms with Gasteiger partial charge in [0.1, 0.15) is 5.75 Å². The van der Waals surface area contributed by atoms with E-state index in [-0.39, 0.29) is 17.3 Å². The van der Waals surface area contributed by atoms with Crippen molar-refractivity contribution in [2.24, 2.45) is 5.92 Å². The zero-order valence-corrected chi connectivity index (χ0v) is 13.1. The average molecular weight is 291 g/mol. The van der Waals surface area contributed by atoms with Crippen LogP contribution >= 0.6 is 0 Å². The molecule has 21 heavy (non-hydrogen) atoms. The number of carbonyl (C=O) groups is 1. The molecule has 0 aliphatic carbocycles. The third-order valence-corrected chi connectivity index (χ3v) is 4.17. The Kier molecular flexibility index (Phi) is 5.23. The van der Waals surface area contributed by atoms with E-state index in [2.05, 4.69) is 31.3 Å². The van der Waals surface area contributed by atoms with E-state index in [0.29, 0.717) is 13.2 Å². The minimum atomic E-state index is -0.227. The first-order valence-corrected chi connectivity index (χ1v) is 7.72. The van der Waals surface area contributed by atoms with Crippen LogP contribution in [0.25, 0.3) is 0 Å². The second kappa shape index (κ2) is 6.94. The van der Waals surface area contributed by atoms with Crippen LogP contribution in [0, 0.1) is 5.92 Å². The van der Waals surface area contributed by atoms with Crippen LogP contribution in [0.1, 0.15) is 32.8 Å². The molecule has 0 spiro atoms. The molecule has 1 aromatic rings. The Morgan fingerprint density at radius 3 is 2.67 bits per heavy atom. The number of hydrogen-bond acceptors (Lipinski definition) is 4. The number of rotatable bonds is 6. The molecule has 1 aliphatic rings. The molecule has 0 bridgehead atoms. The lowest BCUT2D eigenvalue weighted by Gasteiger charge is -2.29. The lowest BCUT2D eigenvalue weighted by Crippen LogP contribution is -2.37. The minimum absolute atomic E-state index is 0.115. The zero-order valence-electron chi connectivity index (χ0n) is 13.1. The molecule has 1 aliphatic heterocycles. The highest BCUT2D eigenvalue weighted by molar-refractivity contribution is 5.75. The Morgan fingerprint density at radius 2 is 2.05 bits per heavy atom. The quantitative estimate of drug-likeness (QED) is 0.818. The predicted octanol–water partition coefficient (Wildman–Crippen LogP) is 2.52. The second-order valence-corrected chi connectivity index (χ2v) is 5.73. The molecular formula is C17H25NO3. The Morgan fingerprint density at radius 1 is 1.33 bits per heavy atom. The summed E-state index contributed by atoms with van der Waals surface area (Å²) < 4.78 is 10.8. The molecule has 116 valence electrons. The van der Waals surface area contributed by atoms with Gasteiger partial charge >= 0.3 is 5.97 Å². The van der Waals surface area contributed by atoms with Gasteiger partial charge in [-0.05, 0) is 31.0 Å². The first-order chi connectivity index (χ1) is 10.1. The fourth-order valence-electron chi connectivity index (χ4n) is 2.87. The summed E-state index contributed by atoms with van der Waals surface area (Å²) in [5, 5.41) is 3.32. The van der Waals surface area contributed by atoms with E-state index < -0.39 is 0 Å². The summed E-state index contributed by atoms with van der Waals surface area (Å²) in [5.74, 6) is 0.624. The average Bonchev–Trinajstić information content (AvgIpc) is 2.89. The summed E-state index contributed by atoms with van der Waals surface area (Å²) in [4.78, 5) is 12.2. The zero-order chi connectivity index (χ0) is 15.3. The number of benzene rings is 1. The SMILES string of the molecule is CCCOc1ccc(C2(C)CNCC2C(=O)OCC)cc1. The van der Waals surface area contributed by atoms with Gasteiger partial charge in [-0.25, -0.2) is 0 Å². The molecule has 1 aromatic carbocycles. The molecule has 2 rings (SSSR count). The first kappa shape index (κ1) is 15.8. The third-order valence-electron chi connectivity index (χ3n) is 4.17. The van der Waals surface area contributed by atoms with Gasteiger partial charge in [-0.15, -0.1) is 0 Å². The van der Waals surface area contributed by atoms with E-state index in [4.69, 9.17) is 9.47 Å². The van der Waals surface area contributed by atoms with Crippen molar-refractivity contribution in [1.82, 2.24) is 5.32 Å². The van der Waals surface area contributed by atoms with Crippen molar-refractivity contribution in [1.29, 1.82) is 0 Å². The van der Waals surface area contributed by atoms with Crippen LogP contribution in [0.2, 0.25) is 0 Å². The Hall–Kier alpha value is -1.55. The van der Waals surface area contributed by atoms with Crippen molar-refractivity contribution in [2.45, 2.75) is 32.6 Å². The van der Waals surface area contributed by atoms with Gasteiger partial charge in [-0.3, -0.25) is 4.79 Å². The summed E-state index contributed by atoms with van der Waals surface area (Å²) in [6.45, 7) is 8.66. The maximum atomic E-state index is 12.2. The van der Waals surface area contributed by atoms with E-state index in [1.165, 1.54) is 0 Å². The molecule has 0 radical (unpaired) electrons. The van der Waals surface area contributed by atoms with Gasteiger partial charge in [0.2, 0.25) is 0 Å². The number of carbonyl (C=O) groups excluding carboxylic acids is 1. The molecular weight excluding hydrogens is 266 g/mol. The Labute approximate surface area is 126 Å². The molecule has 1 fully saturated rings. The molecule has 1 N–H and O–H groups in total. The molecule has 0 aromatic heterocycles. The fourth-order valence-corrected chi connectivity index (χ4v) is 2.87. The first-order valence-electron chi connectivity index (χ1n) is 7.72. The highest BCUT2D eigenvalue weighted by atomic mass is 16.5. The van der Waals surface area contributed by atoms with E-state index in [1.807, 2.05) is 19.1 Å². The topological polar surface area (TPSA) is 47.6 Å². The summed E-state index contributed by atoms with van der Waals surface area (Å²) >= 11 is 0. The smallest absolute Gasteiger partial charge is 0.311 e. The van der Waals surface area contributed by atoms with Crippen molar-refractivity contribution in [2.75, 3.05) is 26.3 Å². The Balaban J connectivity index is 2.16. The van der Waals surface area contributed by atoms with Gasteiger partial charge in [-0.2, -0.15) is 0 Å². The van der Waals surface area contributed by atoms with E-state index in [0.717, 1.165) is 30.9 Å². The molecule has 1 saturated heterocycles. The van der Waals surface area contributed by atoms with Crippen molar-refractivity contribution in [3.63, 3.8) is 0 Å². The Bertz CT molecular complexity index is 471. The molecule has 2 atom stereocenters. The summed E-state index contributed by atoms with van der Waals surface area (Å²) in [6.07, 6.45) is 0.994. The van der Waals surface area contributed by atoms with Gasteiger partial charge < -0.3 is 14.8 Å². The molecule has 0 amide bonds. The number of esters is 1. The van der Waals surface area contributed by atoms with Crippen LogP contribution in [0.4, 0.5) is 0 Å². The van der Waals surface area contributed by atoms with Crippen LogP contribution in [0.15, 0.2) is 24.3 Å². The highest BCUT2D eigenvalue weighted by Crippen LogP contribution is 2.36. The monoisotopic (exact) mass is 291 g/mol. The normalized spacial score (nSPS) is 24.8. The maximum absolute atomic E-state index is 12.2. The number of hydrogen-bond donors (Lipinski definition) is 1.